The average Bonchev–Trinajstić information content (AvgIpc) is 2.37. The number of benzene rings is 1. The third-order valence-electron chi connectivity index (χ3n) is 2.88. The summed E-state index contributed by atoms with van der Waals surface area (Å²) in [4.78, 5) is 18.9. The van der Waals surface area contributed by atoms with Crippen LogP contribution in [-0.2, 0) is 4.74 Å². The second kappa shape index (κ2) is 5.73. The summed E-state index contributed by atoms with van der Waals surface area (Å²) in [5, 5.41) is 0.577. The van der Waals surface area contributed by atoms with Crippen LogP contribution < -0.4 is 0 Å². The molecule has 0 aliphatic rings. The molecule has 1 heterocycles. The first-order chi connectivity index (χ1) is 9.43. The Balaban J connectivity index is 2.61. The highest BCUT2D eigenvalue weighted by Gasteiger charge is 2.15. The number of hydrogen-bond donors (Lipinski definition) is 1. The molecule has 0 saturated heterocycles. The van der Waals surface area contributed by atoms with Crippen LogP contribution in [-0.4, -0.2) is 23.0 Å². The van der Waals surface area contributed by atoms with Crippen LogP contribution in [0.5, 0.6) is 0 Å². The Hall–Kier alpha value is -1.72. The fourth-order valence-electron chi connectivity index (χ4n) is 1.87. The Morgan fingerprint density at radius 2 is 2.10 bits per heavy atom. The number of halogens is 1. The normalized spacial score (nSPS) is 10.4. The number of H-pyrrole nitrogens is 1. The first-order valence-corrected chi connectivity index (χ1v) is 6.68. The first-order valence-electron chi connectivity index (χ1n) is 5.89. The van der Waals surface area contributed by atoms with E-state index >= 15 is 0 Å². The van der Waals surface area contributed by atoms with Gasteiger partial charge in [-0.2, -0.15) is 0 Å². The van der Waals surface area contributed by atoms with Crippen LogP contribution in [0.25, 0.3) is 11.4 Å². The van der Waals surface area contributed by atoms with Crippen molar-refractivity contribution >= 4 is 29.8 Å². The predicted octanol–water partition coefficient (Wildman–Crippen LogP) is 3.86. The minimum Gasteiger partial charge on any atom is -0.465 e. The predicted molar refractivity (Wildman–Crippen MR) is 80.7 cm³/mol. The lowest BCUT2D eigenvalue weighted by Gasteiger charge is -2.09. The number of aryl methyl sites for hydroxylation is 2. The molecule has 0 aliphatic carbocycles. The number of aromatic nitrogens is 2. The highest BCUT2D eigenvalue weighted by atomic mass is 35.5. The highest BCUT2D eigenvalue weighted by molar-refractivity contribution is 7.71. The second-order valence-corrected chi connectivity index (χ2v) is 5.16. The largest absolute Gasteiger partial charge is 0.465 e. The van der Waals surface area contributed by atoms with Crippen molar-refractivity contribution in [3.05, 3.63) is 44.7 Å². The molecule has 20 heavy (non-hydrogen) atoms. The maximum absolute atomic E-state index is 11.6. The van der Waals surface area contributed by atoms with Crippen LogP contribution >= 0.6 is 23.8 Å². The van der Waals surface area contributed by atoms with Crippen LogP contribution in [0.4, 0.5) is 0 Å². The zero-order valence-electron chi connectivity index (χ0n) is 11.3. The van der Waals surface area contributed by atoms with Gasteiger partial charge in [0.05, 0.1) is 12.1 Å². The quantitative estimate of drug-likeness (QED) is 0.676. The molecule has 1 aromatic heterocycles. The van der Waals surface area contributed by atoms with Crippen molar-refractivity contribution in [2.75, 3.05) is 7.11 Å². The summed E-state index contributed by atoms with van der Waals surface area (Å²) in [5.74, 6) is 0.0305. The van der Waals surface area contributed by atoms with E-state index in [4.69, 9.17) is 28.6 Å². The molecule has 0 aliphatic heterocycles. The maximum atomic E-state index is 11.6. The lowest BCUT2D eigenvalue weighted by Crippen LogP contribution is -2.09. The highest BCUT2D eigenvalue weighted by Crippen LogP contribution is 2.26. The molecule has 1 N–H and O–H groups in total. The minimum absolute atomic E-state index is 0.194. The van der Waals surface area contributed by atoms with E-state index in [1.165, 1.54) is 7.11 Å². The van der Waals surface area contributed by atoms with Gasteiger partial charge in [0.15, 0.2) is 0 Å². The molecule has 4 nitrogen and oxygen atoms in total. The number of ether oxygens (including phenoxy) is 1. The fourth-order valence-corrected chi connectivity index (χ4v) is 2.52. The van der Waals surface area contributed by atoms with Gasteiger partial charge < -0.3 is 9.72 Å². The maximum Gasteiger partial charge on any atom is 0.342 e. The molecule has 0 spiro atoms. The summed E-state index contributed by atoms with van der Waals surface area (Å²) in [7, 11) is 1.31. The van der Waals surface area contributed by atoms with Gasteiger partial charge in [-0.15, -0.1) is 0 Å². The summed E-state index contributed by atoms with van der Waals surface area (Å²) >= 11 is 11.4. The van der Waals surface area contributed by atoms with Crippen LogP contribution in [0, 0.1) is 18.5 Å². The van der Waals surface area contributed by atoms with E-state index < -0.39 is 5.97 Å². The Kier molecular flexibility index (Phi) is 4.20. The monoisotopic (exact) mass is 308 g/mol. The topological polar surface area (TPSA) is 55.0 Å². The van der Waals surface area contributed by atoms with Crippen LogP contribution in [0.2, 0.25) is 5.02 Å². The van der Waals surface area contributed by atoms with Gasteiger partial charge in [0.1, 0.15) is 16.0 Å². The number of nitrogens with one attached hydrogen (secondary N) is 1. The van der Waals surface area contributed by atoms with Gasteiger partial charge in [0.2, 0.25) is 0 Å². The van der Waals surface area contributed by atoms with Gasteiger partial charge in [-0.1, -0.05) is 29.9 Å². The summed E-state index contributed by atoms with van der Waals surface area (Å²) in [6.07, 6.45) is 0. The number of hydrogen-bond acceptors (Lipinski definition) is 4. The van der Waals surface area contributed by atoms with E-state index in [2.05, 4.69) is 9.97 Å². The SMILES string of the molecule is COC(=O)c1c(C)[nH]c(-c2ccc(C)cc2Cl)nc1=S. The number of carbonyl (C=O) groups excluding carboxylic acids is 1. The van der Waals surface area contributed by atoms with E-state index in [0.29, 0.717) is 16.5 Å². The molecule has 0 amide bonds. The number of esters is 1. The van der Waals surface area contributed by atoms with Gasteiger partial charge in [-0.05, 0) is 31.5 Å². The molecule has 0 atom stereocenters. The Morgan fingerprint density at radius 3 is 2.65 bits per heavy atom. The average molecular weight is 309 g/mol. The second-order valence-electron chi connectivity index (χ2n) is 4.37. The van der Waals surface area contributed by atoms with Crippen molar-refractivity contribution in [1.29, 1.82) is 0 Å². The van der Waals surface area contributed by atoms with Crippen LogP contribution in [0.3, 0.4) is 0 Å². The van der Waals surface area contributed by atoms with Crippen molar-refractivity contribution in [1.82, 2.24) is 9.97 Å². The Bertz CT molecular complexity index is 740. The molecule has 0 saturated carbocycles. The Morgan fingerprint density at radius 1 is 1.40 bits per heavy atom. The van der Waals surface area contributed by atoms with Crippen molar-refractivity contribution in [2.45, 2.75) is 13.8 Å². The third kappa shape index (κ3) is 2.73. The van der Waals surface area contributed by atoms with Gasteiger partial charge in [-0.3, -0.25) is 0 Å². The number of aromatic amines is 1. The zero-order valence-corrected chi connectivity index (χ0v) is 12.9. The molecule has 0 bridgehead atoms. The standard InChI is InChI=1S/C14H13ClN2O2S/c1-7-4-5-9(10(15)6-7)12-16-8(2)11(13(20)17-12)14(18)19-3/h4-6H,1-3H3,(H,16,17,20). The summed E-state index contributed by atoms with van der Waals surface area (Å²) in [6, 6.07) is 5.64. The van der Waals surface area contributed by atoms with Gasteiger partial charge >= 0.3 is 5.97 Å². The minimum atomic E-state index is -0.502. The number of methoxy groups -OCH3 is 1. The molecule has 0 radical (unpaired) electrons. The van der Waals surface area contributed by atoms with Crippen molar-refractivity contribution in [3.8, 4) is 11.4 Å². The van der Waals surface area contributed by atoms with E-state index in [9.17, 15) is 4.79 Å². The van der Waals surface area contributed by atoms with E-state index in [1.807, 2.05) is 25.1 Å². The van der Waals surface area contributed by atoms with Crippen LogP contribution in [0.15, 0.2) is 18.2 Å². The fraction of sp³-hybridized carbons (Fsp3) is 0.214. The lowest BCUT2D eigenvalue weighted by atomic mass is 10.1. The Labute approximate surface area is 126 Å². The molecule has 2 rings (SSSR count). The lowest BCUT2D eigenvalue weighted by molar-refractivity contribution is 0.0598. The summed E-state index contributed by atoms with van der Waals surface area (Å²) in [6.45, 7) is 3.70. The summed E-state index contributed by atoms with van der Waals surface area (Å²) in [5.41, 5.74) is 2.67. The third-order valence-corrected chi connectivity index (χ3v) is 3.49. The molecule has 2 aromatic rings. The molecule has 104 valence electrons. The molecule has 6 heteroatoms. The smallest absolute Gasteiger partial charge is 0.342 e. The van der Waals surface area contributed by atoms with E-state index in [1.54, 1.807) is 6.92 Å². The first kappa shape index (κ1) is 14.7. The molecular weight excluding hydrogens is 296 g/mol. The van der Waals surface area contributed by atoms with Crippen molar-refractivity contribution in [2.24, 2.45) is 0 Å². The molecule has 1 aromatic carbocycles. The van der Waals surface area contributed by atoms with Crippen molar-refractivity contribution < 1.29 is 9.53 Å². The van der Waals surface area contributed by atoms with Crippen molar-refractivity contribution in [3.63, 3.8) is 0 Å². The van der Waals surface area contributed by atoms with Gasteiger partial charge in [0, 0.05) is 11.3 Å². The molecule has 0 unspecified atom stereocenters. The van der Waals surface area contributed by atoms with Crippen LogP contribution in [0.1, 0.15) is 21.6 Å². The van der Waals surface area contributed by atoms with E-state index in [-0.39, 0.29) is 10.2 Å². The van der Waals surface area contributed by atoms with E-state index in [0.717, 1.165) is 11.1 Å². The molecular formula is C14H13ClN2O2S. The summed E-state index contributed by atoms with van der Waals surface area (Å²) < 4.78 is 4.89. The van der Waals surface area contributed by atoms with Gasteiger partial charge in [0.25, 0.3) is 0 Å². The number of rotatable bonds is 2. The van der Waals surface area contributed by atoms with Gasteiger partial charge in [-0.25, -0.2) is 9.78 Å². The zero-order chi connectivity index (χ0) is 14.9. The number of carbonyl (C=O) groups is 1. The molecule has 0 fully saturated rings. The number of nitrogens with zero attached hydrogens (tertiary/aromatic N) is 1.